The van der Waals surface area contributed by atoms with Gasteiger partial charge in [0.15, 0.2) is 0 Å². The van der Waals surface area contributed by atoms with E-state index in [9.17, 15) is 4.79 Å². The van der Waals surface area contributed by atoms with Gasteiger partial charge in [0.25, 0.3) is 5.91 Å². The molecule has 1 aliphatic heterocycles. The molecule has 1 aliphatic carbocycles. The molecular formula is C17H22N4O2S. The monoisotopic (exact) mass is 346 g/mol. The number of amides is 1. The Morgan fingerprint density at radius 2 is 2.25 bits per heavy atom. The van der Waals surface area contributed by atoms with E-state index in [0.717, 1.165) is 21.1 Å². The second kappa shape index (κ2) is 5.67. The molecule has 0 bridgehead atoms. The number of morpholine rings is 1. The Labute approximate surface area is 145 Å². The van der Waals surface area contributed by atoms with Crippen molar-refractivity contribution in [2.24, 2.45) is 13.0 Å². The maximum atomic E-state index is 13.2. The molecule has 3 heterocycles. The van der Waals surface area contributed by atoms with Gasteiger partial charge in [-0.1, -0.05) is 0 Å². The van der Waals surface area contributed by atoms with E-state index < -0.39 is 0 Å². The van der Waals surface area contributed by atoms with E-state index in [2.05, 4.69) is 17.0 Å². The zero-order valence-corrected chi connectivity index (χ0v) is 15.1. The first-order valence-corrected chi connectivity index (χ1v) is 9.17. The molecule has 2 fully saturated rings. The first-order chi connectivity index (χ1) is 11.5. The number of aryl methyl sites for hydroxylation is 2. The van der Waals surface area contributed by atoms with E-state index >= 15 is 0 Å². The van der Waals surface area contributed by atoms with Gasteiger partial charge in [0.05, 0.1) is 30.6 Å². The highest BCUT2D eigenvalue weighted by molar-refractivity contribution is 7.17. The van der Waals surface area contributed by atoms with Crippen LogP contribution in [0.5, 0.6) is 0 Å². The number of rotatable bonds is 3. The van der Waals surface area contributed by atoms with Crippen molar-refractivity contribution in [2.75, 3.05) is 19.8 Å². The van der Waals surface area contributed by atoms with Gasteiger partial charge in [-0.25, -0.2) is 4.98 Å². The molecule has 0 aromatic carbocycles. The van der Waals surface area contributed by atoms with Crippen molar-refractivity contribution >= 4 is 17.2 Å². The number of ether oxygens (including phenoxy) is 1. The number of nitrogens with zero attached hydrogens (tertiary/aromatic N) is 4. The zero-order chi connectivity index (χ0) is 16.9. The van der Waals surface area contributed by atoms with Gasteiger partial charge in [-0.3, -0.25) is 9.48 Å². The topological polar surface area (TPSA) is 60.2 Å². The number of hydrogen-bond acceptors (Lipinski definition) is 5. The molecule has 1 saturated carbocycles. The summed E-state index contributed by atoms with van der Waals surface area (Å²) in [7, 11) is 1.88. The van der Waals surface area contributed by atoms with Crippen LogP contribution in [0.15, 0.2) is 12.4 Å². The highest BCUT2D eigenvalue weighted by Crippen LogP contribution is 2.45. The van der Waals surface area contributed by atoms with Crippen molar-refractivity contribution in [3.05, 3.63) is 23.0 Å². The first kappa shape index (κ1) is 15.8. The molecule has 6 nitrogen and oxygen atoms in total. The molecule has 24 heavy (non-hydrogen) atoms. The molecule has 2 aromatic rings. The van der Waals surface area contributed by atoms with Crippen LogP contribution >= 0.6 is 11.3 Å². The second-order valence-electron chi connectivity index (χ2n) is 6.98. The fraction of sp³-hybridized carbons (Fsp3) is 0.588. The Bertz CT molecular complexity index is 779. The second-order valence-corrected chi connectivity index (χ2v) is 7.98. The van der Waals surface area contributed by atoms with Gasteiger partial charge in [-0.2, -0.15) is 5.10 Å². The van der Waals surface area contributed by atoms with Crippen LogP contribution in [-0.4, -0.2) is 50.9 Å². The minimum Gasteiger partial charge on any atom is -0.377 e. The van der Waals surface area contributed by atoms with E-state index in [0.29, 0.717) is 25.7 Å². The fourth-order valence-corrected chi connectivity index (χ4v) is 4.51. The van der Waals surface area contributed by atoms with Crippen molar-refractivity contribution in [1.82, 2.24) is 19.7 Å². The van der Waals surface area contributed by atoms with Gasteiger partial charge in [0, 0.05) is 25.4 Å². The molecule has 1 atom stereocenters. The van der Waals surface area contributed by atoms with Gasteiger partial charge >= 0.3 is 0 Å². The minimum atomic E-state index is -0.180. The molecule has 2 aromatic heterocycles. The van der Waals surface area contributed by atoms with E-state index in [1.807, 2.05) is 25.1 Å². The molecule has 4 rings (SSSR count). The SMILES string of the molecule is Cc1nc(-c2cnn(C)c2)sc1C(=O)N1CCOCC1(C)C1CC1. The summed E-state index contributed by atoms with van der Waals surface area (Å²) < 4.78 is 7.44. The van der Waals surface area contributed by atoms with Gasteiger partial charge in [-0.05, 0) is 32.6 Å². The quantitative estimate of drug-likeness (QED) is 0.857. The largest absolute Gasteiger partial charge is 0.377 e. The van der Waals surface area contributed by atoms with Crippen molar-refractivity contribution < 1.29 is 9.53 Å². The summed E-state index contributed by atoms with van der Waals surface area (Å²) in [5.41, 5.74) is 1.57. The maximum Gasteiger partial charge on any atom is 0.266 e. The van der Waals surface area contributed by atoms with Gasteiger partial charge in [-0.15, -0.1) is 11.3 Å². The molecule has 0 radical (unpaired) electrons. The van der Waals surface area contributed by atoms with Gasteiger partial charge in [0.2, 0.25) is 0 Å². The lowest BCUT2D eigenvalue weighted by molar-refractivity contribution is -0.0545. The van der Waals surface area contributed by atoms with E-state index in [1.54, 1.807) is 10.9 Å². The summed E-state index contributed by atoms with van der Waals surface area (Å²) in [6, 6.07) is 0. The summed E-state index contributed by atoms with van der Waals surface area (Å²) in [5.74, 6) is 0.658. The summed E-state index contributed by atoms with van der Waals surface area (Å²) in [6.45, 7) is 5.99. The number of hydrogen-bond donors (Lipinski definition) is 0. The predicted molar refractivity (Wildman–Crippen MR) is 92.0 cm³/mol. The molecular weight excluding hydrogens is 324 g/mol. The van der Waals surface area contributed by atoms with Crippen LogP contribution in [0.3, 0.4) is 0 Å². The fourth-order valence-electron chi connectivity index (χ4n) is 3.52. The molecule has 7 heteroatoms. The van der Waals surface area contributed by atoms with Crippen molar-refractivity contribution in [3.8, 4) is 10.6 Å². The van der Waals surface area contributed by atoms with Crippen molar-refractivity contribution in [1.29, 1.82) is 0 Å². The molecule has 0 N–H and O–H groups in total. The number of aromatic nitrogens is 3. The Hall–Kier alpha value is -1.73. The molecule has 2 aliphatic rings. The minimum absolute atomic E-state index is 0.0952. The van der Waals surface area contributed by atoms with E-state index in [1.165, 1.54) is 24.2 Å². The number of carbonyl (C=O) groups excluding carboxylic acids is 1. The Morgan fingerprint density at radius 1 is 1.46 bits per heavy atom. The number of carbonyl (C=O) groups is 1. The Balaban J connectivity index is 1.65. The lowest BCUT2D eigenvalue weighted by atomic mass is 9.92. The third-order valence-corrected chi connectivity index (χ3v) is 6.31. The van der Waals surface area contributed by atoms with Crippen LogP contribution in [0.25, 0.3) is 10.6 Å². The standard InChI is InChI=1S/C17H22N4O2S/c1-11-14(24-15(19-11)12-8-18-20(3)9-12)16(22)21-6-7-23-10-17(21,2)13-4-5-13/h8-9,13H,4-7,10H2,1-3H3. The van der Waals surface area contributed by atoms with Crippen molar-refractivity contribution in [3.63, 3.8) is 0 Å². The third-order valence-electron chi connectivity index (χ3n) is 5.11. The van der Waals surface area contributed by atoms with Crippen LogP contribution in [0.2, 0.25) is 0 Å². The van der Waals surface area contributed by atoms with E-state index in [-0.39, 0.29) is 11.4 Å². The van der Waals surface area contributed by atoms with Gasteiger partial charge < -0.3 is 9.64 Å². The van der Waals surface area contributed by atoms with Gasteiger partial charge in [0.1, 0.15) is 9.88 Å². The molecule has 128 valence electrons. The lowest BCUT2D eigenvalue weighted by Gasteiger charge is -2.45. The van der Waals surface area contributed by atoms with Crippen LogP contribution < -0.4 is 0 Å². The van der Waals surface area contributed by atoms with Crippen LogP contribution in [-0.2, 0) is 11.8 Å². The Morgan fingerprint density at radius 3 is 2.92 bits per heavy atom. The summed E-state index contributed by atoms with van der Waals surface area (Å²) >= 11 is 1.46. The number of thiazole rings is 1. The normalized spacial score (nSPS) is 24.4. The van der Waals surface area contributed by atoms with Crippen LogP contribution in [0, 0.1) is 12.8 Å². The molecule has 1 amide bonds. The highest BCUT2D eigenvalue weighted by Gasteiger charge is 2.49. The summed E-state index contributed by atoms with van der Waals surface area (Å²) in [4.78, 5) is 20.6. The average molecular weight is 346 g/mol. The van der Waals surface area contributed by atoms with E-state index in [4.69, 9.17) is 4.74 Å². The lowest BCUT2D eigenvalue weighted by Crippen LogP contribution is -2.58. The summed E-state index contributed by atoms with van der Waals surface area (Å²) in [6.07, 6.45) is 6.09. The third kappa shape index (κ3) is 2.56. The van der Waals surface area contributed by atoms with Crippen molar-refractivity contribution in [2.45, 2.75) is 32.2 Å². The van der Waals surface area contributed by atoms with Crippen LogP contribution in [0.1, 0.15) is 35.1 Å². The first-order valence-electron chi connectivity index (χ1n) is 8.35. The highest BCUT2D eigenvalue weighted by atomic mass is 32.1. The Kier molecular flexibility index (Phi) is 3.73. The predicted octanol–water partition coefficient (Wildman–Crippen LogP) is 2.49. The maximum absolute atomic E-state index is 13.2. The molecule has 1 saturated heterocycles. The zero-order valence-electron chi connectivity index (χ0n) is 14.3. The summed E-state index contributed by atoms with van der Waals surface area (Å²) in [5, 5.41) is 5.04. The van der Waals surface area contributed by atoms with Crippen LogP contribution in [0.4, 0.5) is 0 Å². The average Bonchev–Trinajstić information content (AvgIpc) is 3.23. The smallest absolute Gasteiger partial charge is 0.266 e. The molecule has 0 spiro atoms. The molecule has 1 unspecified atom stereocenters.